The smallest absolute Gasteiger partial charge is 0.307 e. The van der Waals surface area contributed by atoms with Crippen molar-refractivity contribution in [1.29, 1.82) is 0 Å². The molecule has 0 aliphatic heterocycles. The number of methoxy groups -OCH3 is 1. The van der Waals surface area contributed by atoms with Crippen LogP contribution in [0.4, 0.5) is 0 Å². The predicted octanol–water partition coefficient (Wildman–Crippen LogP) is 2.62. The van der Waals surface area contributed by atoms with Gasteiger partial charge in [0.25, 0.3) is 0 Å². The Morgan fingerprint density at radius 3 is 2.55 bits per heavy atom. The fraction of sp³-hybridized carbons (Fsp3) is 0.529. The van der Waals surface area contributed by atoms with Gasteiger partial charge in [0.05, 0.1) is 25.0 Å². The second-order valence-corrected chi connectivity index (χ2v) is 6.22. The lowest BCUT2D eigenvalue weighted by atomic mass is 9.96. The van der Waals surface area contributed by atoms with Crippen molar-refractivity contribution in [3.8, 4) is 5.75 Å². The minimum Gasteiger partial charge on any atom is -0.496 e. The maximum atomic E-state index is 12.3. The molecule has 1 amide bonds. The molecule has 0 bridgehead atoms. The number of hydrogen-bond donors (Lipinski definition) is 2. The molecule has 120 valence electrons. The molecule has 3 atom stereocenters. The zero-order valence-corrected chi connectivity index (χ0v) is 13.2. The van der Waals surface area contributed by atoms with Crippen molar-refractivity contribution in [2.75, 3.05) is 7.11 Å². The van der Waals surface area contributed by atoms with Gasteiger partial charge in [-0.25, -0.2) is 0 Å². The second-order valence-electron chi connectivity index (χ2n) is 6.22. The highest BCUT2D eigenvalue weighted by molar-refractivity contribution is 5.89. The van der Waals surface area contributed by atoms with Crippen LogP contribution in [0.3, 0.4) is 0 Å². The van der Waals surface area contributed by atoms with E-state index in [9.17, 15) is 9.59 Å². The van der Waals surface area contributed by atoms with Crippen LogP contribution in [0, 0.1) is 17.8 Å². The van der Waals surface area contributed by atoms with Crippen molar-refractivity contribution < 1.29 is 19.4 Å². The van der Waals surface area contributed by atoms with Crippen molar-refractivity contribution in [3.63, 3.8) is 0 Å². The number of nitrogens with one attached hydrogen (secondary N) is 1. The Bertz CT molecular complexity index is 555. The molecule has 2 N–H and O–H groups in total. The molecular formula is C17H23NO4. The maximum absolute atomic E-state index is 12.3. The van der Waals surface area contributed by atoms with Gasteiger partial charge >= 0.3 is 5.97 Å². The van der Waals surface area contributed by atoms with Crippen molar-refractivity contribution in [2.45, 2.75) is 32.7 Å². The first kappa shape index (κ1) is 16.3. The highest BCUT2D eigenvalue weighted by Crippen LogP contribution is 2.40. The van der Waals surface area contributed by atoms with E-state index >= 15 is 0 Å². The van der Waals surface area contributed by atoms with Crippen molar-refractivity contribution in [1.82, 2.24) is 5.32 Å². The number of benzene rings is 1. The van der Waals surface area contributed by atoms with Gasteiger partial charge in [-0.2, -0.15) is 0 Å². The van der Waals surface area contributed by atoms with Gasteiger partial charge in [-0.05, 0) is 24.8 Å². The molecule has 3 unspecified atom stereocenters. The van der Waals surface area contributed by atoms with Gasteiger partial charge in [-0.1, -0.05) is 32.0 Å². The Kier molecular flexibility index (Phi) is 5.06. The topological polar surface area (TPSA) is 75.6 Å². The van der Waals surface area contributed by atoms with E-state index in [0.717, 1.165) is 17.7 Å². The number of carboxylic acid groups (broad SMARTS) is 1. The van der Waals surface area contributed by atoms with Gasteiger partial charge in [-0.3, -0.25) is 9.59 Å². The Hall–Kier alpha value is -2.04. The Labute approximate surface area is 130 Å². The van der Waals surface area contributed by atoms with Crippen LogP contribution in [-0.4, -0.2) is 24.1 Å². The summed E-state index contributed by atoms with van der Waals surface area (Å²) in [7, 11) is 1.61. The molecule has 0 spiro atoms. The summed E-state index contributed by atoms with van der Waals surface area (Å²) in [6, 6.07) is 7.44. The monoisotopic (exact) mass is 305 g/mol. The molecule has 1 aromatic rings. The molecule has 1 saturated carbocycles. The van der Waals surface area contributed by atoms with Crippen LogP contribution in [0.1, 0.15) is 38.3 Å². The quantitative estimate of drug-likeness (QED) is 0.812. The van der Waals surface area contributed by atoms with Gasteiger partial charge in [0.1, 0.15) is 5.75 Å². The zero-order valence-electron chi connectivity index (χ0n) is 13.2. The van der Waals surface area contributed by atoms with E-state index < -0.39 is 17.8 Å². The lowest BCUT2D eigenvalue weighted by molar-refractivity contribution is -0.140. The van der Waals surface area contributed by atoms with E-state index in [2.05, 4.69) is 19.2 Å². The third-order valence-corrected chi connectivity index (χ3v) is 3.98. The second kappa shape index (κ2) is 6.81. The third kappa shape index (κ3) is 3.78. The third-order valence-electron chi connectivity index (χ3n) is 3.98. The molecule has 1 aliphatic rings. The van der Waals surface area contributed by atoms with Gasteiger partial charge in [0.15, 0.2) is 0 Å². The van der Waals surface area contributed by atoms with Gasteiger partial charge in [0.2, 0.25) is 5.91 Å². The van der Waals surface area contributed by atoms with Crippen molar-refractivity contribution in [2.24, 2.45) is 17.8 Å². The number of para-hydroxylation sites is 1. The first-order chi connectivity index (χ1) is 10.4. The largest absolute Gasteiger partial charge is 0.496 e. The molecule has 5 nitrogen and oxygen atoms in total. The highest BCUT2D eigenvalue weighted by atomic mass is 16.5. The minimum atomic E-state index is -0.891. The number of ether oxygens (including phenoxy) is 1. The fourth-order valence-corrected chi connectivity index (χ4v) is 2.73. The maximum Gasteiger partial charge on any atom is 0.307 e. The summed E-state index contributed by atoms with van der Waals surface area (Å²) in [5.74, 6) is -0.871. The van der Waals surface area contributed by atoms with Crippen LogP contribution in [0.25, 0.3) is 0 Å². The zero-order chi connectivity index (χ0) is 16.3. The van der Waals surface area contributed by atoms with E-state index in [4.69, 9.17) is 9.84 Å². The molecule has 1 fully saturated rings. The summed E-state index contributed by atoms with van der Waals surface area (Å²) in [6.45, 7) is 4.18. The number of rotatable bonds is 7. The Morgan fingerprint density at radius 2 is 2.00 bits per heavy atom. The van der Waals surface area contributed by atoms with Crippen LogP contribution < -0.4 is 10.1 Å². The van der Waals surface area contributed by atoms with E-state index in [1.165, 1.54) is 0 Å². The number of hydrogen-bond acceptors (Lipinski definition) is 3. The molecule has 1 aliphatic carbocycles. The van der Waals surface area contributed by atoms with Crippen molar-refractivity contribution in [3.05, 3.63) is 29.8 Å². The average molecular weight is 305 g/mol. The number of carbonyl (C=O) groups is 2. The normalized spacial score (nSPS) is 21.3. The average Bonchev–Trinajstić information content (AvgIpc) is 3.26. The van der Waals surface area contributed by atoms with E-state index in [1.807, 2.05) is 24.3 Å². The summed E-state index contributed by atoms with van der Waals surface area (Å²) < 4.78 is 5.38. The molecule has 5 heteroatoms. The first-order valence-corrected chi connectivity index (χ1v) is 7.60. The molecular weight excluding hydrogens is 282 g/mol. The lowest BCUT2D eigenvalue weighted by Crippen LogP contribution is -2.31. The number of carboxylic acids is 1. The van der Waals surface area contributed by atoms with Crippen LogP contribution in [0.15, 0.2) is 24.3 Å². The van der Waals surface area contributed by atoms with Crippen LogP contribution in [0.2, 0.25) is 0 Å². The number of carbonyl (C=O) groups excluding carboxylic acids is 1. The van der Waals surface area contributed by atoms with Crippen molar-refractivity contribution >= 4 is 11.9 Å². The summed E-state index contributed by atoms with van der Waals surface area (Å²) in [5, 5.41) is 12.0. The fourth-order valence-electron chi connectivity index (χ4n) is 2.73. The minimum absolute atomic E-state index is 0.168. The Morgan fingerprint density at radius 1 is 1.32 bits per heavy atom. The molecule has 0 heterocycles. The Balaban J connectivity index is 2.13. The number of aliphatic carboxylic acids is 1. The van der Waals surface area contributed by atoms with Gasteiger partial charge in [0, 0.05) is 5.56 Å². The first-order valence-electron chi connectivity index (χ1n) is 7.60. The summed E-state index contributed by atoms with van der Waals surface area (Å²) in [6.07, 6.45) is 1.21. The van der Waals surface area contributed by atoms with Crippen LogP contribution in [-0.2, 0) is 9.59 Å². The highest BCUT2D eigenvalue weighted by Gasteiger charge is 2.48. The van der Waals surface area contributed by atoms with Crippen LogP contribution >= 0.6 is 0 Å². The van der Waals surface area contributed by atoms with E-state index in [0.29, 0.717) is 12.3 Å². The molecule has 1 aromatic carbocycles. The SMILES string of the molecule is COc1ccccc1C(CC(C)C)NC(=O)C1CC1C(=O)O. The summed E-state index contributed by atoms with van der Waals surface area (Å²) in [5.41, 5.74) is 0.930. The molecule has 22 heavy (non-hydrogen) atoms. The molecule has 2 rings (SSSR count). The van der Waals surface area contributed by atoms with Gasteiger partial charge < -0.3 is 15.2 Å². The molecule has 0 radical (unpaired) electrons. The number of amides is 1. The van der Waals surface area contributed by atoms with Crippen LogP contribution in [0.5, 0.6) is 5.75 Å². The summed E-state index contributed by atoms with van der Waals surface area (Å²) >= 11 is 0. The standard InChI is InChI=1S/C17H23NO4/c1-10(2)8-14(11-6-4-5-7-15(11)22-3)18-16(19)12-9-13(12)17(20)21/h4-7,10,12-14H,8-9H2,1-3H3,(H,18,19)(H,20,21). The lowest BCUT2D eigenvalue weighted by Gasteiger charge is -2.23. The van der Waals surface area contributed by atoms with E-state index in [-0.39, 0.29) is 11.9 Å². The van der Waals surface area contributed by atoms with Gasteiger partial charge in [-0.15, -0.1) is 0 Å². The molecule has 0 aromatic heterocycles. The predicted molar refractivity (Wildman–Crippen MR) is 82.6 cm³/mol. The summed E-state index contributed by atoms with van der Waals surface area (Å²) in [4.78, 5) is 23.2. The molecule has 0 saturated heterocycles. The van der Waals surface area contributed by atoms with E-state index in [1.54, 1.807) is 7.11 Å².